The molecule has 0 spiro atoms. The molecule has 1 aliphatic rings. The summed E-state index contributed by atoms with van der Waals surface area (Å²) in [5.41, 5.74) is 2.57. The van der Waals surface area contributed by atoms with E-state index in [-0.39, 0.29) is 11.8 Å². The van der Waals surface area contributed by atoms with Gasteiger partial charge in [0.1, 0.15) is 18.9 Å². The van der Waals surface area contributed by atoms with E-state index in [1.54, 1.807) is 41.0 Å². The first-order chi connectivity index (χ1) is 12.1. The number of fused-ring (bicyclic) bond motifs is 2. The first-order valence-electron chi connectivity index (χ1n) is 8.17. The van der Waals surface area contributed by atoms with Gasteiger partial charge in [-0.1, -0.05) is 13.8 Å². The summed E-state index contributed by atoms with van der Waals surface area (Å²) in [6.45, 7) is 5.14. The van der Waals surface area contributed by atoms with E-state index in [1.165, 1.54) is 0 Å². The zero-order valence-corrected chi connectivity index (χ0v) is 14.0. The van der Waals surface area contributed by atoms with Crippen LogP contribution in [-0.4, -0.2) is 33.7 Å². The fourth-order valence-corrected chi connectivity index (χ4v) is 2.78. The van der Waals surface area contributed by atoms with Gasteiger partial charge in [0.2, 0.25) is 0 Å². The first-order valence-corrected chi connectivity index (χ1v) is 8.17. The minimum absolute atomic E-state index is 0.214. The Kier molecular flexibility index (Phi) is 3.76. The van der Waals surface area contributed by atoms with Crippen molar-refractivity contribution >= 4 is 17.2 Å². The monoisotopic (exact) mass is 338 g/mol. The number of amides is 1. The normalized spacial score (nSPS) is 13.2. The van der Waals surface area contributed by atoms with Crippen molar-refractivity contribution in [3.05, 3.63) is 47.9 Å². The van der Waals surface area contributed by atoms with Gasteiger partial charge < -0.3 is 14.8 Å². The highest BCUT2D eigenvalue weighted by Crippen LogP contribution is 2.32. The van der Waals surface area contributed by atoms with E-state index in [0.717, 1.165) is 5.69 Å². The smallest absolute Gasteiger partial charge is 0.274 e. The second-order valence-electron chi connectivity index (χ2n) is 6.13. The minimum Gasteiger partial charge on any atom is -0.486 e. The highest BCUT2D eigenvalue weighted by Gasteiger charge is 2.17. The maximum atomic E-state index is 12.6. The van der Waals surface area contributed by atoms with E-state index >= 15 is 0 Å². The molecular weight excluding hydrogens is 320 g/mol. The molecule has 1 aliphatic heterocycles. The third kappa shape index (κ3) is 2.88. The molecule has 0 saturated carbocycles. The number of aromatic nitrogens is 3. The van der Waals surface area contributed by atoms with Gasteiger partial charge >= 0.3 is 0 Å². The van der Waals surface area contributed by atoms with Gasteiger partial charge in [0.15, 0.2) is 17.1 Å². The van der Waals surface area contributed by atoms with Crippen LogP contribution in [0.15, 0.2) is 36.5 Å². The second-order valence-corrected chi connectivity index (χ2v) is 6.13. The molecule has 3 aromatic rings. The summed E-state index contributed by atoms with van der Waals surface area (Å²) >= 11 is 0. The van der Waals surface area contributed by atoms with E-state index in [4.69, 9.17) is 9.47 Å². The SMILES string of the molecule is CC(C)c1cc(C(=O)Nc2ccc3c(c2)OCCO3)nc2ccnn12. The average Bonchev–Trinajstić information content (AvgIpc) is 3.09. The summed E-state index contributed by atoms with van der Waals surface area (Å²) in [6.07, 6.45) is 1.68. The molecule has 1 N–H and O–H groups in total. The predicted octanol–water partition coefficient (Wildman–Crippen LogP) is 2.88. The molecule has 128 valence electrons. The standard InChI is InChI=1S/C18H18N4O3/c1-11(2)14-10-13(21-17-5-6-19-22(14)17)18(23)20-12-3-4-15-16(9-12)25-8-7-24-15/h3-6,9-11H,7-8H2,1-2H3,(H,20,23). The topological polar surface area (TPSA) is 77.8 Å². The van der Waals surface area contributed by atoms with Crippen LogP contribution in [0.5, 0.6) is 11.5 Å². The molecule has 0 fully saturated rings. The fraction of sp³-hybridized carbons (Fsp3) is 0.278. The third-order valence-corrected chi connectivity index (χ3v) is 4.01. The third-order valence-electron chi connectivity index (χ3n) is 4.01. The first kappa shape index (κ1) is 15.4. The summed E-state index contributed by atoms with van der Waals surface area (Å²) in [5.74, 6) is 1.25. The molecule has 1 amide bonds. The number of nitrogens with zero attached hydrogens (tertiary/aromatic N) is 3. The Labute approximate surface area is 144 Å². The molecule has 7 nitrogen and oxygen atoms in total. The zero-order valence-electron chi connectivity index (χ0n) is 14.0. The van der Waals surface area contributed by atoms with Crippen molar-refractivity contribution in [1.29, 1.82) is 0 Å². The van der Waals surface area contributed by atoms with Crippen LogP contribution in [0, 0.1) is 0 Å². The average molecular weight is 338 g/mol. The van der Waals surface area contributed by atoms with E-state index in [9.17, 15) is 4.79 Å². The van der Waals surface area contributed by atoms with Crippen LogP contribution < -0.4 is 14.8 Å². The van der Waals surface area contributed by atoms with Gasteiger partial charge in [0.05, 0.1) is 6.20 Å². The number of hydrogen-bond donors (Lipinski definition) is 1. The van der Waals surface area contributed by atoms with Gasteiger partial charge in [-0.2, -0.15) is 5.10 Å². The Morgan fingerprint density at radius 1 is 1.16 bits per heavy atom. The number of nitrogens with one attached hydrogen (secondary N) is 1. The molecule has 4 rings (SSSR count). The number of benzene rings is 1. The van der Waals surface area contributed by atoms with Crippen molar-refractivity contribution in [2.24, 2.45) is 0 Å². The van der Waals surface area contributed by atoms with Crippen LogP contribution in [0.2, 0.25) is 0 Å². The van der Waals surface area contributed by atoms with Gasteiger partial charge in [0, 0.05) is 23.5 Å². The predicted molar refractivity (Wildman–Crippen MR) is 92.5 cm³/mol. The maximum absolute atomic E-state index is 12.6. The van der Waals surface area contributed by atoms with Gasteiger partial charge in [-0.15, -0.1) is 0 Å². The summed E-state index contributed by atoms with van der Waals surface area (Å²) in [7, 11) is 0. The molecule has 0 bridgehead atoms. The molecule has 25 heavy (non-hydrogen) atoms. The molecule has 0 atom stereocenters. The van der Waals surface area contributed by atoms with Crippen LogP contribution in [0.25, 0.3) is 5.65 Å². The molecule has 0 saturated heterocycles. The van der Waals surface area contributed by atoms with Crippen LogP contribution >= 0.6 is 0 Å². The van der Waals surface area contributed by atoms with Crippen LogP contribution in [0.1, 0.15) is 35.9 Å². The zero-order chi connectivity index (χ0) is 17.4. The quantitative estimate of drug-likeness (QED) is 0.794. The molecule has 0 radical (unpaired) electrons. The molecule has 3 heterocycles. The number of hydrogen-bond acceptors (Lipinski definition) is 5. The maximum Gasteiger partial charge on any atom is 0.274 e. The van der Waals surface area contributed by atoms with E-state index < -0.39 is 0 Å². The highest BCUT2D eigenvalue weighted by molar-refractivity contribution is 6.03. The van der Waals surface area contributed by atoms with Crippen LogP contribution in [0.4, 0.5) is 5.69 Å². The lowest BCUT2D eigenvalue weighted by atomic mass is 10.1. The van der Waals surface area contributed by atoms with E-state index in [2.05, 4.69) is 29.2 Å². The fourth-order valence-electron chi connectivity index (χ4n) is 2.78. The lowest BCUT2D eigenvalue weighted by Crippen LogP contribution is -2.18. The molecule has 2 aromatic heterocycles. The molecule has 0 aliphatic carbocycles. The van der Waals surface area contributed by atoms with Crippen molar-refractivity contribution in [2.45, 2.75) is 19.8 Å². The largest absolute Gasteiger partial charge is 0.486 e. The number of anilines is 1. The Morgan fingerprint density at radius 3 is 2.76 bits per heavy atom. The summed E-state index contributed by atoms with van der Waals surface area (Å²) < 4.78 is 12.8. The van der Waals surface area contributed by atoms with Gasteiger partial charge in [-0.05, 0) is 24.1 Å². The van der Waals surface area contributed by atoms with Gasteiger partial charge in [-0.25, -0.2) is 9.50 Å². The van der Waals surface area contributed by atoms with Crippen LogP contribution in [-0.2, 0) is 0 Å². The second kappa shape index (κ2) is 6.08. The van der Waals surface area contributed by atoms with Crippen molar-refractivity contribution in [3.63, 3.8) is 0 Å². The molecule has 0 unspecified atom stereocenters. The Hall–Kier alpha value is -3.09. The van der Waals surface area contributed by atoms with Crippen molar-refractivity contribution in [1.82, 2.24) is 14.6 Å². The van der Waals surface area contributed by atoms with Crippen molar-refractivity contribution in [3.8, 4) is 11.5 Å². The van der Waals surface area contributed by atoms with Gasteiger partial charge in [0.25, 0.3) is 5.91 Å². The van der Waals surface area contributed by atoms with Crippen LogP contribution in [0.3, 0.4) is 0 Å². The Bertz CT molecular complexity index is 949. The van der Waals surface area contributed by atoms with Crippen molar-refractivity contribution < 1.29 is 14.3 Å². The molecular formula is C18H18N4O3. The molecule has 1 aromatic carbocycles. The minimum atomic E-state index is -0.276. The lowest BCUT2D eigenvalue weighted by Gasteiger charge is -2.19. The molecule has 7 heteroatoms. The number of rotatable bonds is 3. The van der Waals surface area contributed by atoms with Crippen molar-refractivity contribution in [2.75, 3.05) is 18.5 Å². The highest BCUT2D eigenvalue weighted by atomic mass is 16.6. The Morgan fingerprint density at radius 2 is 1.96 bits per heavy atom. The summed E-state index contributed by atoms with van der Waals surface area (Å²) in [6, 6.07) is 8.89. The van der Waals surface area contributed by atoms with Gasteiger partial charge in [-0.3, -0.25) is 4.79 Å². The van der Waals surface area contributed by atoms with E-state index in [0.29, 0.717) is 41.7 Å². The lowest BCUT2D eigenvalue weighted by molar-refractivity contribution is 0.102. The number of ether oxygens (including phenoxy) is 2. The summed E-state index contributed by atoms with van der Waals surface area (Å²) in [4.78, 5) is 17.0. The number of carbonyl (C=O) groups is 1. The Balaban J connectivity index is 1.64. The van der Waals surface area contributed by atoms with E-state index in [1.807, 2.05) is 0 Å². The number of carbonyl (C=O) groups excluding carboxylic acids is 1. The summed E-state index contributed by atoms with van der Waals surface area (Å²) in [5, 5.41) is 7.13.